The van der Waals surface area contributed by atoms with Crippen LogP contribution in [-0.2, 0) is 0 Å². The van der Waals surface area contributed by atoms with Crippen LogP contribution in [0, 0.1) is 0 Å². The number of fused-ring (bicyclic) bond motifs is 1. The van der Waals surface area contributed by atoms with Crippen molar-refractivity contribution in [3.05, 3.63) is 54.7 Å². The molecule has 3 aromatic rings. The van der Waals surface area contributed by atoms with Gasteiger partial charge in [-0.2, -0.15) is 0 Å². The third-order valence-electron chi connectivity index (χ3n) is 2.94. The number of H-pyrrole nitrogens is 1. The minimum Gasteiger partial charge on any atom is -0.508 e. The van der Waals surface area contributed by atoms with Gasteiger partial charge in [-0.15, -0.1) is 0 Å². The largest absolute Gasteiger partial charge is 0.508 e. The zero-order valence-corrected chi connectivity index (χ0v) is 11.4. The molecule has 4 nitrogen and oxygen atoms in total. The van der Waals surface area contributed by atoms with E-state index in [1.807, 2.05) is 30.5 Å². The van der Waals surface area contributed by atoms with E-state index in [1.54, 1.807) is 24.3 Å². The van der Waals surface area contributed by atoms with Gasteiger partial charge in [-0.3, -0.25) is 0 Å². The molecular formula is C15H13N3OS. The van der Waals surface area contributed by atoms with Crippen LogP contribution in [0.15, 0.2) is 54.7 Å². The van der Waals surface area contributed by atoms with E-state index in [0.717, 1.165) is 22.3 Å². The molecule has 0 saturated carbocycles. The molecule has 5 heteroatoms. The number of aromatic nitrogens is 1. The molecule has 0 amide bonds. The molecule has 4 N–H and O–H groups in total. The van der Waals surface area contributed by atoms with Gasteiger partial charge in [0.2, 0.25) is 0 Å². The van der Waals surface area contributed by atoms with Crippen molar-refractivity contribution in [2.24, 2.45) is 0 Å². The van der Waals surface area contributed by atoms with E-state index in [1.165, 1.54) is 0 Å². The number of phenolic OH excluding ortho intramolecular Hbond substituents is 1. The molecule has 0 aliphatic heterocycles. The summed E-state index contributed by atoms with van der Waals surface area (Å²) >= 11 is 5.26. The first-order valence-electron chi connectivity index (χ1n) is 6.15. The van der Waals surface area contributed by atoms with Crippen LogP contribution >= 0.6 is 12.2 Å². The summed E-state index contributed by atoms with van der Waals surface area (Å²) in [6.07, 6.45) is 1.90. The molecule has 0 fully saturated rings. The molecule has 0 spiro atoms. The predicted molar refractivity (Wildman–Crippen MR) is 86.2 cm³/mol. The number of benzene rings is 2. The lowest BCUT2D eigenvalue weighted by Crippen LogP contribution is -2.18. The van der Waals surface area contributed by atoms with Gasteiger partial charge in [-0.25, -0.2) is 0 Å². The molecule has 2 aromatic carbocycles. The van der Waals surface area contributed by atoms with Gasteiger partial charge in [0.05, 0.1) is 0 Å². The summed E-state index contributed by atoms with van der Waals surface area (Å²) in [5, 5.41) is 17.1. The number of anilines is 2. The lowest BCUT2D eigenvalue weighted by molar-refractivity contribution is 0.475. The normalized spacial score (nSPS) is 10.4. The first-order valence-corrected chi connectivity index (χ1v) is 6.56. The molecule has 1 aromatic heterocycles. The summed E-state index contributed by atoms with van der Waals surface area (Å²) in [4.78, 5) is 3.15. The van der Waals surface area contributed by atoms with Crippen molar-refractivity contribution in [2.45, 2.75) is 0 Å². The average molecular weight is 283 g/mol. The molecule has 0 unspecified atom stereocenters. The summed E-state index contributed by atoms with van der Waals surface area (Å²) < 4.78 is 0. The molecule has 20 heavy (non-hydrogen) atoms. The first kappa shape index (κ1) is 12.5. The quantitative estimate of drug-likeness (QED) is 0.428. The van der Waals surface area contributed by atoms with Crippen LogP contribution in [0.2, 0.25) is 0 Å². The van der Waals surface area contributed by atoms with Crippen LogP contribution in [0.3, 0.4) is 0 Å². The third-order valence-corrected chi connectivity index (χ3v) is 3.14. The zero-order chi connectivity index (χ0) is 13.9. The molecule has 0 atom stereocenters. The second-order valence-electron chi connectivity index (χ2n) is 4.41. The number of hydrogen-bond acceptors (Lipinski definition) is 2. The van der Waals surface area contributed by atoms with E-state index >= 15 is 0 Å². The first-order chi connectivity index (χ1) is 9.70. The minimum atomic E-state index is 0.229. The van der Waals surface area contributed by atoms with E-state index in [-0.39, 0.29) is 5.75 Å². The molecule has 1 heterocycles. The highest BCUT2D eigenvalue weighted by molar-refractivity contribution is 7.80. The summed E-state index contributed by atoms with van der Waals surface area (Å²) in [6.45, 7) is 0. The number of thiocarbonyl (C=S) groups is 1. The van der Waals surface area contributed by atoms with Gasteiger partial charge in [0.15, 0.2) is 5.11 Å². The lowest BCUT2D eigenvalue weighted by Gasteiger charge is -2.10. The molecule has 0 aliphatic rings. The van der Waals surface area contributed by atoms with Crippen molar-refractivity contribution < 1.29 is 5.11 Å². The predicted octanol–water partition coefficient (Wildman–Crippen LogP) is 3.68. The summed E-state index contributed by atoms with van der Waals surface area (Å²) in [7, 11) is 0. The van der Waals surface area contributed by atoms with Gasteiger partial charge >= 0.3 is 0 Å². The molecule has 0 saturated heterocycles. The maximum Gasteiger partial charge on any atom is 0.175 e. The Bertz CT molecular complexity index is 749. The Labute approximate surface area is 121 Å². The molecule has 0 radical (unpaired) electrons. The Kier molecular flexibility index (Phi) is 3.26. The maximum absolute atomic E-state index is 9.23. The van der Waals surface area contributed by atoms with Crippen LogP contribution in [0.5, 0.6) is 5.75 Å². The Morgan fingerprint density at radius 2 is 1.65 bits per heavy atom. The highest BCUT2D eigenvalue weighted by Gasteiger charge is 2.01. The van der Waals surface area contributed by atoms with Gasteiger partial charge < -0.3 is 20.7 Å². The van der Waals surface area contributed by atoms with Crippen LogP contribution in [-0.4, -0.2) is 15.2 Å². The summed E-state index contributed by atoms with van der Waals surface area (Å²) in [5.74, 6) is 0.229. The van der Waals surface area contributed by atoms with Crippen molar-refractivity contribution >= 4 is 39.6 Å². The van der Waals surface area contributed by atoms with Crippen molar-refractivity contribution in [3.63, 3.8) is 0 Å². The van der Waals surface area contributed by atoms with Crippen molar-refractivity contribution in [3.8, 4) is 5.75 Å². The van der Waals surface area contributed by atoms with Gasteiger partial charge in [0.1, 0.15) is 5.75 Å². The molecule has 100 valence electrons. The van der Waals surface area contributed by atoms with Gasteiger partial charge in [0.25, 0.3) is 0 Å². The minimum absolute atomic E-state index is 0.229. The summed E-state index contributed by atoms with van der Waals surface area (Å²) in [5.41, 5.74) is 2.84. The number of aromatic amines is 1. The van der Waals surface area contributed by atoms with Gasteiger partial charge in [-0.05, 0) is 60.7 Å². The summed E-state index contributed by atoms with van der Waals surface area (Å²) in [6, 6.07) is 14.7. The number of aromatic hydroxyl groups is 1. The lowest BCUT2D eigenvalue weighted by atomic mass is 10.2. The van der Waals surface area contributed by atoms with Crippen molar-refractivity contribution in [1.29, 1.82) is 0 Å². The van der Waals surface area contributed by atoms with Gasteiger partial charge in [0, 0.05) is 28.5 Å². The van der Waals surface area contributed by atoms with Crippen LogP contribution in [0.1, 0.15) is 0 Å². The highest BCUT2D eigenvalue weighted by atomic mass is 32.1. The van der Waals surface area contributed by atoms with Crippen LogP contribution in [0.4, 0.5) is 11.4 Å². The van der Waals surface area contributed by atoms with E-state index in [4.69, 9.17) is 12.2 Å². The average Bonchev–Trinajstić information content (AvgIpc) is 2.89. The number of phenols is 1. The SMILES string of the molecule is Oc1ccc(NC(=S)Nc2ccc3[nH]ccc3c2)cc1. The fourth-order valence-electron chi connectivity index (χ4n) is 1.97. The molecule has 3 rings (SSSR count). The number of hydrogen-bond donors (Lipinski definition) is 4. The van der Waals surface area contributed by atoms with Gasteiger partial charge in [-0.1, -0.05) is 0 Å². The Hall–Kier alpha value is -2.53. The standard InChI is InChI=1S/C15H13N3OS/c19-13-4-1-11(2-5-13)17-15(20)18-12-3-6-14-10(9-12)7-8-16-14/h1-9,16,19H,(H2,17,18,20). The molecular weight excluding hydrogens is 270 g/mol. The smallest absolute Gasteiger partial charge is 0.175 e. The fraction of sp³-hybridized carbons (Fsp3) is 0. The van der Waals surface area contributed by atoms with Crippen molar-refractivity contribution in [1.82, 2.24) is 4.98 Å². The number of rotatable bonds is 2. The Morgan fingerprint density at radius 1 is 0.950 bits per heavy atom. The highest BCUT2D eigenvalue weighted by Crippen LogP contribution is 2.18. The fourth-order valence-corrected chi connectivity index (χ4v) is 2.20. The second-order valence-corrected chi connectivity index (χ2v) is 4.81. The van der Waals surface area contributed by atoms with E-state index in [2.05, 4.69) is 15.6 Å². The topological polar surface area (TPSA) is 60.1 Å². The van der Waals surface area contributed by atoms with E-state index < -0.39 is 0 Å². The van der Waals surface area contributed by atoms with E-state index in [9.17, 15) is 5.11 Å². The van der Waals surface area contributed by atoms with Crippen LogP contribution < -0.4 is 10.6 Å². The second kappa shape index (κ2) is 5.22. The molecule has 0 aliphatic carbocycles. The number of nitrogens with one attached hydrogen (secondary N) is 3. The Balaban J connectivity index is 1.70. The van der Waals surface area contributed by atoms with Crippen molar-refractivity contribution in [2.75, 3.05) is 10.6 Å². The third kappa shape index (κ3) is 2.73. The van der Waals surface area contributed by atoms with E-state index in [0.29, 0.717) is 5.11 Å². The zero-order valence-electron chi connectivity index (χ0n) is 10.6. The monoisotopic (exact) mass is 283 g/mol. The molecule has 0 bridgehead atoms. The van der Waals surface area contributed by atoms with Crippen LogP contribution in [0.25, 0.3) is 10.9 Å². The maximum atomic E-state index is 9.23. The Morgan fingerprint density at radius 3 is 2.45 bits per heavy atom.